The van der Waals surface area contributed by atoms with Crippen LogP contribution in [0.25, 0.3) is 0 Å². The van der Waals surface area contributed by atoms with E-state index in [9.17, 15) is 0 Å². The lowest BCUT2D eigenvalue weighted by Crippen LogP contribution is -2.25. The minimum atomic E-state index is 0.473. The molecule has 2 nitrogen and oxygen atoms in total. The van der Waals surface area contributed by atoms with E-state index < -0.39 is 0 Å². The summed E-state index contributed by atoms with van der Waals surface area (Å²) in [7, 11) is 0. The lowest BCUT2D eigenvalue weighted by Gasteiger charge is -2.11. The summed E-state index contributed by atoms with van der Waals surface area (Å²) >= 11 is 7.51. The molecule has 2 aromatic heterocycles. The molecule has 0 amide bonds. The Kier molecular flexibility index (Phi) is 4.66. The second kappa shape index (κ2) is 6.24. The molecule has 1 atom stereocenters. The molecule has 4 heteroatoms. The van der Waals surface area contributed by atoms with E-state index in [0.29, 0.717) is 6.04 Å². The average molecular weight is 270 g/mol. The average Bonchev–Trinajstić information content (AvgIpc) is 2.95. The molecule has 0 saturated heterocycles. The molecular weight excluding hydrogens is 254 g/mol. The van der Waals surface area contributed by atoms with Crippen molar-refractivity contribution >= 4 is 22.9 Å². The van der Waals surface area contributed by atoms with Gasteiger partial charge in [0, 0.05) is 23.9 Å². The molecule has 0 bridgehead atoms. The standard InChI is InChI=1S/C13H16ClNOS/c1-10(4-5-11-3-2-8-16-11)15-9-12-6-7-13(14)17-12/h2-3,6-8,10,15H,4-5,9H2,1H3. The number of thiophene rings is 1. The van der Waals surface area contributed by atoms with Crippen molar-refractivity contribution in [2.75, 3.05) is 0 Å². The Hall–Kier alpha value is -0.770. The Labute approximate surface area is 111 Å². The molecule has 2 rings (SSSR count). The summed E-state index contributed by atoms with van der Waals surface area (Å²) < 4.78 is 6.16. The van der Waals surface area contributed by atoms with Gasteiger partial charge < -0.3 is 9.73 Å². The topological polar surface area (TPSA) is 25.2 Å². The van der Waals surface area contributed by atoms with Crippen LogP contribution in [0.15, 0.2) is 34.9 Å². The summed E-state index contributed by atoms with van der Waals surface area (Å²) in [6.07, 6.45) is 3.78. The zero-order valence-electron chi connectivity index (χ0n) is 9.78. The van der Waals surface area contributed by atoms with Gasteiger partial charge in [0.05, 0.1) is 10.6 Å². The first-order valence-corrected chi connectivity index (χ1v) is 6.93. The molecule has 1 unspecified atom stereocenters. The van der Waals surface area contributed by atoms with E-state index in [2.05, 4.69) is 18.3 Å². The SMILES string of the molecule is CC(CCc1ccco1)NCc1ccc(Cl)s1. The van der Waals surface area contributed by atoms with Gasteiger partial charge in [0.25, 0.3) is 0 Å². The van der Waals surface area contributed by atoms with Crippen LogP contribution in [0.3, 0.4) is 0 Å². The van der Waals surface area contributed by atoms with E-state index in [1.807, 2.05) is 18.2 Å². The van der Waals surface area contributed by atoms with Crippen molar-refractivity contribution in [3.8, 4) is 0 Å². The second-order valence-corrected chi connectivity index (χ2v) is 5.91. The molecule has 1 N–H and O–H groups in total. The van der Waals surface area contributed by atoms with Crippen molar-refractivity contribution in [2.45, 2.75) is 32.4 Å². The first-order chi connectivity index (χ1) is 8.24. The first kappa shape index (κ1) is 12.7. The van der Waals surface area contributed by atoms with Gasteiger partial charge in [-0.2, -0.15) is 0 Å². The van der Waals surface area contributed by atoms with Crippen LogP contribution >= 0.6 is 22.9 Å². The van der Waals surface area contributed by atoms with Crippen LogP contribution in [-0.2, 0) is 13.0 Å². The fourth-order valence-corrected chi connectivity index (χ4v) is 2.68. The van der Waals surface area contributed by atoms with Crippen LogP contribution in [0.4, 0.5) is 0 Å². The highest BCUT2D eigenvalue weighted by Crippen LogP contribution is 2.21. The van der Waals surface area contributed by atoms with E-state index in [4.69, 9.17) is 16.0 Å². The van der Waals surface area contributed by atoms with Crippen molar-refractivity contribution < 1.29 is 4.42 Å². The maximum absolute atomic E-state index is 5.88. The molecule has 0 aliphatic heterocycles. The van der Waals surface area contributed by atoms with E-state index in [1.54, 1.807) is 17.6 Å². The Morgan fingerprint density at radius 1 is 1.41 bits per heavy atom. The van der Waals surface area contributed by atoms with Gasteiger partial charge in [-0.25, -0.2) is 0 Å². The number of nitrogens with one attached hydrogen (secondary N) is 1. The normalized spacial score (nSPS) is 12.8. The highest BCUT2D eigenvalue weighted by atomic mass is 35.5. The third-order valence-corrected chi connectivity index (χ3v) is 3.89. The van der Waals surface area contributed by atoms with Gasteiger partial charge in [-0.1, -0.05) is 11.6 Å². The molecule has 0 spiro atoms. The summed E-state index contributed by atoms with van der Waals surface area (Å²) in [5, 5.41) is 3.48. The van der Waals surface area contributed by atoms with E-state index >= 15 is 0 Å². The number of furan rings is 1. The summed E-state index contributed by atoms with van der Waals surface area (Å²) in [5.74, 6) is 1.05. The summed E-state index contributed by atoms with van der Waals surface area (Å²) in [6.45, 7) is 3.08. The molecule has 0 radical (unpaired) electrons. The largest absolute Gasteiger partial charge is 0.469 e. The first-order valence-electron chi connectivity index (χ1n) is 5.74. The molecule has 0 saturated carbocycles. The quantitative estimate of drug-likeness (QED) is 0.854. The van der Waals surface area contributed by atoms with Crippen molar-refractivity contribution in [3.63, 3.8) is 0 Å². The van der Waals surface area contributed by atoms with Gasteiger partial charge in [-0.15, -0.1) is 11.3 Å². The van der Waals surface area contributed by atoms with Gasteiger partial charge in [0.15, 0.2) is 0 Å². The van der Waals surface area contributed by atoms with Crippen molar-refractivity contribution in [1.82, 2.24) is 5.32 Å². The van der Waals surface area contributed by atoms with Crippen molar-refractivity contribution in [3.05, 3.63) is 45.5 Å². The van der Waals surface area contributed by atoms with Crippen molar-refractivity contribution in [2.24, 2.45) is 0 Å². The van der Waals surface area contributed by atoms with Gasteiger partial charge in [-0.05, 0) is 37.6 Å². The maximum atomic E-state index is 5.88. The maximum Gasteiger partial charge on any atom is 0.103 e. The smallest absolute Gasteiger partial charge is 0.103 e. The number of rotatable bonds is 6. The molecular formula is C13H16ClNOS. The molecule has 2 heterocycles. The number of hydrogen-bond donors (Lipinski definition) is 1. The third-order valence-electron chi connectivity index (χ3n) is 2.66. The lowest BCUT2D eigenvalue weighted by atomic mass is 10.1. The molecule has 0 aliphatic carbocycles. The summed E-state index contributed by atoms with van der Waals surface area (Å²) in [5.41, 5.74) is 0. The minimum absolute atomic E-state index is 0.473. The van der Waals surface area contributed by atoms with Crippen LogP contribution in [0, 0.1) is 0 Å². The van der Waals surface area contributed by atoms with Gasteiger partial charge in [0.1, 0.15) is 5.76 Å². The van der Waals surface area contributed by atoms with Crippen LogP contribution in [0.2, 0.25) is 4.34 Å². The number of aryl methyl sites for hydroxylation is 1. The van der Waals surface area contributed by atoms with Crippen LogP contribution in [0.5, 0.6) is 0 Å². The highest BCUT2D eigenvalue weighted by molar-refractivity contribution is 7.16. The summed E-state index contributed by atoms with van der Waals surface area (Å²) in [4.78, 5) is 1.28. The van der Waals surface area contributed by atoms with Gasteiger partial charge in [-0.3, -0.25) is 0 Å². The minimum Gasteiger partial charge on any atom is -0.469 e. The third kappa shape index (κ3) is 4.19. The molecule has 2 aromatic rings. The molecule has 17 heavy (non-hydrogen) atoms. The van der Waals surface area contributed by atoms with E-state index in [-0.39, 0.29) is 0 Å². The zero-order chi connectivity index (χ0) is 12.1. The predicted octanol–water partition coefficient (Wildman–Crippen LogP) is 4.11. The Balaban J connectivity index is 1.69. The lowest BCUT2D eigenvalue weighted by molar-refractivity contribution is 0.461. The molecule has 92 valence electrons. The highest BCUT2D eigenvalue weighted by Gasteiger charge is 2.05. The van der Waals surface area contributed by atoms with E-state index in [0.717, 1.165) is 29.5 Å². The Morgan fingerprint density at radius 2 is 2.29 bits per heavy atom. The fraction of sp³-hybridized carbons (Fsp3) is 0.385. The van der Waals surface area contributed by atoms with Crippen LogP contribution in [-0.4, -0.2) is 6.04 Å². The fourth-order valence-electron chi connectivity index (χ4n) is 1.64. The number of halogens is 1. The van der Waals surface area contributed by atoms with Crippen molar-refractivity contribution in [1.29, 1.82) is 0 Å². The zero-order valence-corrected chi connectivity index (χ0v) is 11.4. The molecule has 0 aliphatic rings. The van der Waals surface area contributed by atoms with E-state index in [1.165, 1.54) is 4.88 Å². The second-order valence-electron chi connectivity index (χ2n) is 4.11. The van der Waals surface area contributed by atoms with Crippen LogP contribution in [0.1, 0.15) is 24.0 Å². The van der Waals surface area contributed by atoms with Crippen LogP contribution < -0.4 is 5.32 Å². The monoisotopic (exact) mass is 269 g/mol. The predicted molar refractivity (Wildman–Crippen MR) is 72.7 cm³/mol. The van der Waals surface area contributed by atoms with Gasteiger partial charge in [0.2, 0.25) is 0 Å². The Bertz CT molecular complexity index is 438. The Morgan fingerprint density at radius 3 is 2.94 bits per heavy atom. The molecule has 0 aromatic carbocycles. The van der Waals surface area contributed by atoms with Gasteiger partial charge >= 0.3 is 0 Å². The summed E-state index contributed by atoms with van der Waals surface area (Å²) in [6, 6.07) is 8.43. The number of hydrogen-bond acceptors (Lipinski definition) is 3. The molecule has 0 fully saturated rings.